The third-order valence-electron chi connectivity index (χ3n) is 4.35. The molecule has 1 aromatic heterocycles. The molecule has 0 unspecified atom stereocenters. The van der Waals surface area contributed by atoms with Gasteiger partial charge in [-0.15, -0.1) is 0 Å². The van der Waals surface area contributed by atoms with Gasteiger partial charge in [0, 0.05) is 37.1 Å². The lowest BCUT2D eigenvalue weighted by molar-refractivity contribution is 0.102. The summed E-state index contributed by atoms with van der Waals surface area (Å²) in [5.74, 6) is 1.64. The Morgan fingerprint density at radius 1 is 1.11 bits per heavy atom. The van der Waals surface area contributed by atoms with Crippen LogP contribution in [0.3, 0.4) is 0 Å². The van der Waals surface area contributed by atoms with Crippen LogP contribution in [0, 0.1) is 12.8 Å². The van der Waals surface area contributed by atoms with Gasteiger partial charge in [-0.2, -0.15) is 0 Å². The van der Waals surface area contributed by atoms with E-state index < -0.39 is 0 Å². The predicted octanol–water partition coefficient (Wildman–Crippen LogP) is 4.34. The molecule has 2 rings (SSSR count). The molecule has 0 saturated carbocycles. The summed E-state index contributed by atoms with van der Waals surface area (Å²) >= 11 is 0. The molecule has 0 fully saturated rings. The lowest BCUT2D eigenvalue weighted by Crippen LogP contribution is -2.21. The van der Waals surface area contributed by atoms with Crippen LogP contribution in [0.5, 0.6) is 0 Å². The summed E-state index contributed by atoms with van der Waals surface area (Å²) in [7, 11) is 0. The van der Waals surface area contributed by atoms with Crippen molar-refractivity contribution in [2.75, 3.05) is 35.2 Å². The molecule has 2 aromatic rings. The number of nitrogens with zero attached hydrogens (tertiary/aromatic N) is 3. The van der Waals surface area contributed by atoms with Crippen LogP contribution in [0.25, 0.3) is 0 Å². The molecule has 0 atom stereocenters. The molecule has 1 amide bonds. The molecule has 0 saturated heterocycles. The predicted molar refractivity (Wildman–Crippen MR) is 113 cm³/mol. The number of anilines is 3. The molecule has 1 aromatic carbocycles. The summed E-state index contributed by atoms with van der Waals surface area (Å²) in [6, 6.07) is 9.58. The Bertz CT molecular complexity index is 739. The monoisotopic (exact) mass is 369 g/mol. The van der Waals surface area contributed by atoms with Gasteiger partial charge < -0.3 is 15.5 Å². The summed E-state index contributed by atoms with van der Waals surface area (Å²) in [6.45, 7) is 13.1. The minimum absolute atomic E-state index is 0.233. The summed E-state index contributed by atoms with van der Waals surface area (Å²) in [5.41, 5.74) is 2.26. The maximum atomic E-state index is 12.6. The fourth-order valence-electron chi connectivity index (χ4n) is 2.80. The van der Waals surface area contributed by atoms with E-state index in [1.807, 2.05) is 24.3 Å². The average molecular weight is 370 g/mol. The van der Waals surface area contributed by atoms with Crippen LogP contribution >= 0.6 is 0 Å². The van der Waals surface area contributed by atoms with Crippen LogP contribution in [0.1, 0.15) is 50.4 Å². The van der Waals surface area contributed by atoms with Crippen molar-refractivity contribution >= 4 is 23.1 Å². The van der Waals surface area contributed by atoms with Crippen molar-refractivity contribution in [3.05, 3.63) is 41.9 Å². The number of aryl methyl sites for hydroxylation is 1. The zero-order valence-corrected chi connectivity index (χ0v) is 17.0. The van der Waals surface area contributed by atoms with Crippen LogP contribution in [0.2, 0.25) is 0 Å². The van der Waals surface area contributed by atoms with Gasteiger partial charge in [0.05, 0.1) is 0 Å². The van der Waals surface area contributed by atoms with Crippen LogP contribution in [0.4, 0.5) is 17.2 Å². The number of nitrogens with one attached hydrogen (secondary N) is 2. The number of carbonyl (C=O) groups is 1. The first-order chi connectivity index (χ1) is 12.9. The number of benzene rings is 1. The number of hydrogen-bond donors (Lipinski definition) is 2. The fraction of sp³-hybridized carbons (Fsp3) is 0.476. The van der Waals surface area contributed by atoms with Crippen LogP contribution < -0.4 is 15.5 Å². The van der Waals surface area contributed by atoms with E-state index in [1.54, 1.807) is 13.0 Å². The molecule has 0 spiro atoms. The van der Waals surface area contributed by atoms with Gasteiger partial charge in [-0.1, -0.05) is 13.8 Å². The third kappa shape index (κ3) is 6.24. The first-order valence-electron chi connectivity index (χ1n) is 9.68. The number of aromatic nitrogens is 2. The number of amides is 1. The highest BCUT2D eigenvalue weighted by molar-refractivity contribution is 6.03. The molecule has 0 aliphatic heterocycles. The van der Waals surface area contributed by atoms with Gasteiger partial charge in [-0.25, -0.2) is 9.97 Å². The standard InChI is InChI=1S/C21H31N5O/c1-6-26(7-2)18-10-8-17(9-11-18)25-21(27)19-14-20(24-16(5)23-19)22-13-12-15(3)4/h8-11,14-15H,6-7,12-13H2,1-5H3,(H,25,27)(H,22,23,24). The summed E-state index contributed by atoms with van der Waals surface area (Å²) in [4.78, 5) is 23.5. The smallest absolute Gasteiger partial charge is 0.274 e. The highest BCUT2D eigenvalue weighted by Crippen LogP contribution is 2.18. The molecule has 6 nitrogen and oxygen atoms in total. The molecule has 146 valence electrons. The zero-order valence-electron chi connectivity index (χ0n) is 17.0. The topological polar surface area (TPSA) is 70.2 Å². The maximum Gasteiger partial charge on any atom is 0.274 e. The normalized spacial score (nSPS) is 10.7. The van der Waals surface area contributed by atoms with Crippen molar-refractivity contribution < 1.29 is 4.79 Å². The second-order valence-electron chi connectivity index (χ2n) is 6.97. The van der Waals surface area contributed by atoms with Gasteiger partial charge in [-0.05, 0) is 57.4 Å². The van der Waals surface area contributed by atoms with Crippen molar-refractivity contribution in [1.29, 1.82) is 0 Å². The maximum absolute atomic E-state index is 12.6. The van der Waals surface area contributed by atoms with E-state index >= 15 is 0 Å². The first-order valence-corrected chi connectivity index (χ1v) is 9.68. The van der Waals surface area contributed by atoms with E-state index in [2.05, 4.69) is 53.2 Å². The van der Waals surface area contributed by atoms with Gasteiger partial charge in [0.1, 0.15) is 17.3 Å². The average Bonchev–Trinajstić information content (AvgIpc) is 2.63. The minimum Gasteiger partial charge on any atom is -0.372 e. The van der Waals surface area contributed by atoms with Crippen molar-refractivity contribution in [1.82, 2.24) is 9.97 Å². The van der Waals surface area contributed by atoms with Gasteiger partial charge in [0.25, 0.3) is 5.91 Å². The quantitative estimate of drug-likeness (QED) is 0.688. The van der Waals surface area contributed by atoms with Crippen LogP contribution in [-0.2, 0) is 0 Å². The molecule has 1 heterocycles. The fourth-order valence-corrected chi connectivity index (χ4v) is 2.80. The summed E-state index contributed by atoms with van der Waals surface area (Å²) in [5, 5.41) is 6.19. The van der Waals surface area contributed by atoms with E-state index in [1.165, 1.54) is 0 Å². The molecule has 0 bridgehead atoms. The zero-order chi connectivity index (χ0) is 19.8. The van der Waals surface area contributed by atoms with Crippen molar-refractivity contribution in [3.63, 3.8) is 0 Å². The van der Waals surface area contributed by atoms with Gasteiger partial charge >= 0.3 is 0 Å². The molecular formula is C21H31N5O. The van der Waals surface area contributed by atoms with E-state index in [4.69, 9.17) is 0 Å². The second kappa shape index (κ2) is 9.90. The Balaban J connectivity index is 2.05. The molecule has 0 aliphatic carbocycles. The van der Waals surface area contributed by atoms with Gasteiger partial charge in [-0.3, -0.25) is 4.79 Å². The van der Waals surface area contributed by atoms with Crippen molar-refractivity contribution in [2.45, 2.75) is 41.0 Å². The first kappa shape index (κ1) is 20.7. The molecule has 27 heavy (non-hydrogen) atoms. The molecule has 6 heteroatoms. The molecule has 0 radical (unpaired) electrons. The highest BCUT2D eigenvalue weighted by atomic mass is 16.1. The number of hydrogen-bond acceptors (Lipinski definition) is 5. The van der Waals surface area contributed by atoms with Gasteiger partial charge in [0.2, 0.25) is 0 Å². The number of rotatable bonds is 9. The van der Waals surface area contributed by atoms with E-state index in [9.17, 15) is 4.79 Å². The largest absolute Gasteiger partial charge is 0.372 e. The Morgan fingerprint density at radius 3 is 2.37 bits per heavy atom. The Kier molecular flexibility index (Phi) is 7.58. The van der Waals surface area contributed by atoms with Crippen LogP contribution in [-0.4, -0.2) is 35.5 Å². The van der Waals surface area contributed by atoms with Crippen LogP contribution in [0.15, 0.2) is 30.3 Å². The number of carbonyl (C=O) groups excluding carboxylic acids is 1. The molecule has 2 N–H and O–H groups in total. The lowest BCUT2D eigenvalue weighted by Gasteiger charge is -2.21. The minimum atomic E-state index is -0.233. The highest BCUT2D eigenvalue weighted by Gasteiger charge is 2.11. The van der Waals surface area contributed by atoms with E-state index in [0.29, 0.717) is 23.3 Å². The Hall–Kier alpha value is -2.63. The van der Waals surface area contributed by atoms with E-state index in [0.717, 1.165) is 37.4 Å². The Labute approximate surface area is 162 Å². The summed E-state index contributed by atoms with van der Waals surface area (Å²) in [6.07, 6.45) is 1.05. The third-order valence-corrected chi connectivity index (χ3v) is 4.35. The SMILES string of the molecule is CCN(CC)c1ccc(NC(=O)c2cc(NCCC(C)C)nc(C)n2)cc1. The lowest BCUT2D eigenvalue weighted by atomic mass is 10.1. The molecule has 0 aliphatic rings. The molecular weight excluding hydrogens is 338 g/mol. The van der Waals surface area contributed by atoms with E-state index in [-0.39, 0.29) is 5.91 Å². The van der Waals surface area contributed by atoms with Gasteiger partial charge in [0.15, 0.2) is 0 Å². The Morgan fingerprint density at radius 2 is 1.78 bits per heavy atom. The van der Waals surface area contributed by atoms with Crippen molar-refractivity contribution in [3.8, 4) is 0 Å². The summed E-state index contributed by atoms with van der Waals surface area (Å²) < 4.78 is 0. The second-order valence-corrected chi connectivity index (χ2v) is 6.97. The van der Waals surface area contributed by atoms with Crippen molar-refractivity contribution in [2.24, 2.45) is 5.92 Å².